The molecule has 3 N–H and O–H groups in total. The minimum atomic E-state index is -1.02. The second-order valence-corrected chi connectivity index (χ2v) is 5.07. The number of rotatable bonds is 4. The summed E-state index contributed by atoms with van der Waals surface area (Å²) in [5.41, 5.74) is 1.31. The minimum Gasteiger partial charge on any atom is -0.478 e. The summed E-state index contributed by atoms with van der Waals surface area (Å²) in [6.07, 6.45) is 2.50. The van der Waals surface area contributed by atoms with Gasteiger partial charge in [-0.25, -0.2) is 4.79 Å². The summed E-state index contributed by atoms with van der Waals surface area (Å²) >= 11 is 1.08. The molecular weight excluding hydrogens is 280 g/mol. The van der Waals surface area contributed by atoms with Crippen molar-refractivity contribution in [3.8, 4) is 0 Å². The van der Waals surface area contributed by atoms with Crippen LogP contribution in [0.25, 0.3) is 6.08 Å². The summed E-state index contributed by atoms with van der Waals surface area (Å²) in [5, 5.41) is 13.6. The first-order valence-electron chi connectivity index (χ1n) is 5.80. The first-order valence-corrected chi connectivity index (χ1v) is 6.78. The maximum atomic E-state index is 11.8. The topological polar surface area (TPSA) is 95.5 Å². The molecular formula is C13H12N2O4S. The second-order valence-electron chi connectivity index (χ2n) is 4.08. The summed E-state index contributed by atoms with van der Waals surface area (Å²) in [4.78, 5) is 33.2. The van der Waals surface area contributed by atoms with Gasteiger partial charge in [-0.2, -0.15) is 0 Å². The Morgan fingerprint density at radius 3 is 2.60 bits per heavy atom. The van der Waals surface area contributed by atoms with Crippen molar-refractivity contribution < 1.29 is 19.5 Å². The van der Waals surface area contributed by atoms with Gasteiger partial charge in [-0.3, -0.25) is 9.59 Å². The Morgan fingerprint density at radius 1 is 1.35 bits per heavy atom. The number of nitrogens with one attached hydrogen (secondary N) is 2. The Balaban J connectivity index is 1.95. The fourth-order valence-electron chi connectivity index (χ4n) is 1.60. The standard InChI is InChI=1S/C13H12N2O4S/c16-11(17)6-3-8-1-4-9(5-2-8)14-12(18)10-7-20-13(19)15-10/h1-6,10H,7H2,(H,14,18)(H,15,19)(H,16,17)/b6-3+. The Bertz CT molecular complexity index is 568. The lowest BCUT2D eigenvalue weighted by Gasteiger charge is -2.10. The first-order chi connectivity index (χ1) is 9.54. The molecule has 1 atom stereocenters. The molecule has 0 saturated carbocycles. The summed E-state index contributed by atoms with van der Waals surface area (Å²) in [6, 6.07) is 6.21. The lowest BCUT2D eigenvalue weighted by molar-refractivity contribution is -0.131. The zero-order valence-corrected chi connectivity index (χ0v) is 11.1. The van der Waals surface area contributed by atoms with E-state index in [0.717, 1.165) is 23.4 Å². The Hall–Kier alpha value is -2.28. The number of anilines is 1. The number of carbonyl (C=O) groups is 3. The number of aliphatic carboxylic acids is 1. The fourth-order valence-corrected chi connectivity index (χ4v) is 2.38. The van der Waals surface area contributed by atoms with Gasteiger partial charge in [-0.1, -0.05) is 23.9 Å². The van der Waals surface area contributed by atoms with Gasteiger partial charge in [0.05, 0.1) is 0 Å². The summed E-state index contributed by atoms with van der Waals surface area (Å²) < 4.78 is 0. The van der Waals surface area contributed by atoms with Gasteiger partial charge in [-0.05, 0) is 23.8 Å². The van der Waals surface area contributed by atoms with Crippen molar-refractivity contribution in [1.29, 1.82) is 0 Å². The van der Waals surface area contributed by atoms with Gasteiger partial charge < -0.3 is 15.7 Å². The van der Waals surface area contributed by atoms with Gasteiger partial charge >= 0.3 is 5.97 Å². The molecule has 0 aliphatic carbocycles. The summed E-state index contributed by atoms with van der Waals surface area (Å²) in [7, 11) is 0. The van der Waals surface area contributed by atoms with Crippen LogP contribution >= 0.6 is 11.8 Å². The number of carboxylic acids is 1. The van der Waals surface area contributed by atoms with Gasteiger partial charge in [0.1, 0.15) is 6.04 Å². The van der Waals surface area contributed by atoms with Crippen LogP contribution in [0.5, 0.6) is 0 Å². The molecule has 2 amide bonds. The van der Waals surface area contributed by atoms with Crippen LogP contribution in [-0.4, -0.2) is 34.0 Å². The molecule has 0 bridgehead atoms. The van der Waals surface area contributed by atoms with Crippen LogP contribution in [0.3, 0.4) is 0 Å². The Kier molecular flexibility index (Phi) is 4.41. The Labute approximate surface area is 119 Å². The molecule has 1 aliphatic rings. The maximum absolute atomic E-state index is 11.8. The first kappa shape index (κ1) is 14.1. The maximum Gasteiger partial charge on any atom is 0.328 e. The predicted octanol–water partition coefficient (Wildman–Crippen LogP) is 1.55. The van der Waals surface area contributed by atoms with Crippen molar-refractivity contribution in [2.24, 2.45) is 0 Å². The highest BCUT2D eigenvalue weighted by atomic mass is 32.2. The van der Waals surface area contributed by atoms with E-state index >= 15 is 0 Å². The average Bonchev–Trinajstić information content (AvgIpc) is 2.85. The Morgan fingerprint density at radius 2 is 2.05 bits per heavy atom. The number of thioether (sulfide) groups is 1. The minimum absolute atomic E-state index is 0.195. The third kappa shape index (κ3) is 3.86. The van der Waals surface area contributed by atoms with E-state index in [0.29, 0.717) is 11.4 Å². The van der Waals surface area contributed by atoms with Gasteiger partial charge in [0.2, 0.25) is 5.91 Å². The van der Waals surface area contributed by atoms with Gasteiger partial charge in [0.15, 0.2) is 0 Å². The van der Waals surface area contributed by atoms with Gasteiger partial charge in [0.25, 0.3) is 5.24 Å². The van der Waals surface area contributed by atoms with Crippen LogP contribution in [0.4, 0.5) is 10.5 Å². The van der Waals surface area contributed by atoms with Crippen molar-refractivity contribution >= 4 is 40.6 Å². The highest BCUT2D eigenvalue weighted by Gasteiger charge is 2.27. The third-order valence-electron chi connectivity index (χ3n) is 2.59. The molecule has 2 rings (SSSR count). The summed E-state index contributed by atoms with van der Waals surface area (Å²) in [6.45, 7) is 0. The number of carbonyl (C=O) groups excluding carboxylic acids is 2. The largest absolute Gasteiger partial charge is 0.478 e. The third-order valence-corrected chi connectivity index (χ3v) is 3.47. The number of amides is 2. The average molecular weight is 292 g/mol. The molecule has 1 saturated heterocycles. The number of hydrogen-bond donors (Lipinski definition) is 3. The molecule has 0 radical (unpaired) electrons. The van der Waals surface area contributed by atoms with E-state index in [1.54, 1.807) is 24.3 Å². The van der Waals surface area contributed by atoms with Crippen molar-refractivity contribution in [3.63, 3.8) is 0 Å². The molecule has 1 heterocycles. The molecule has 1 unspecified atom stereocenters. The molecule has 0 aromatic heterocycles. The predicted molar refractivity (Wildman–Crippen MR) is 76.5 cm³/mol. The van der Waals surface area contributed by atoms with E-state index in [2.05, 4.69) is 10.6 Å². The molecule has 1 aromatic carbocycles. The smallest absolute Gasteiger partial charge is 0.328 e. The van der Waals surface area contributed by atoms with Crippen LogP contribution in [-0.2, 0) is 9.59 Å². The van der Waals surface area contributed by atoms with E-state index < -0.39 is 12.0 Å². The number of carboxylic acid groups (broad SMARTS) is 1. The molecule has 6 nitrogen and oxygen atoms in total. The summed E-state index contributed by atoms with van der Waals surface area (Å²) in [5.74, 6) is -0.863. The highest BCUT2D eigenvalue weighted by molar-refractivity contribution is 8.14. The fraction of sp³-hybridized carbons (Fsp3) is 0.154. The van der Waals surface area contributed by atoms with E-state index in [1.807, 2.05) is 0 Å². The zero-order chi connectivity index (χ0) is 14.5. The van der Waals surface area contributed by atoms with Crippen molar-refractivity contribution in [2.75, 3.05) is 11.1 Å². The van der Waals surface area contributed by atoms with Gasteiger partial charge in [0, 0.05) is 17.5 Å². The van der Waals surface area contributed by atoms with Crippen molar-refractivity contribution in [3.05, 3.63) is 35.9 Å². The molecule has 0 spiro atoms. The molecule has 1 aliphatic heterocycles. The number of benzene rings is 1. The molecule has 104 valence electrons. The highest BCUT2D eigenvalue weighted by Crippen LogP contribution is 2.16. The zero-order valence-electron chi connectivity index (χ0n) is 10.3. The normalized spacial score (nSPS) is 18.0. The SMILES string of the molecule is O=C(O)/C=C/c1ccc(NC(=O)C2CSC(=O)N2)cc1. The number of hydrogen-bond acceptors (Lipinski definition) is 4. The van der Waals surface area contributed by atoms with Crippen LogP contribution in [0, 0.1) is 0 Å². The van der Waals surface area contributed by atoms with Crippen molar-refractivity contribution in [1.82, 2.24) is 5.32 Å². The van der Waals surface area contributed by atoms with E-state index in [9.17, 15) is 14.4 Å². The lowest BCUT2D eigenvalue weighted by atomic mass is 10.2. The second kappa shape index (κ2) is 6.25. The van der Waals surface area contributed by atoms with E-state index in [1.165, 1.54) is 6.08 Å². The molecule has 1 aromatic rings. The molecule has 1 fully saturated rings. The van der Waals surface area contributed by atoms with E-state index in [-0.39, 0.29) is 11.1 Å². The van der Waals surface area contributed by atoms with Crippen LogP contribution in [0.15, 0.2) is 30.3 Å². The molecule has 20 heavy (non-hydrogen) atoms. The molecule has 7 heteroatoms. The van der Waals surface area contributed by atoms with Crippen molar-refractivity contribution in [2.45, 2.75) is 6.04 Å². The van der Waals surface area contributed by atoms with E-state index in [4.69, 9.17) is 5.11 Å². The monoisotopic (exact) mass is 292 g/mol. The van der Waals surface area contributed by atoms with Crippen LogP contribution in [0.1, 0.15) is 5.56 Å². The van der Waals surface area contributed by atoms with Gasteiger partial charge in [-0.15, -0.1) is 0 Å². The van der Waals surface area contributed by atoms with Crippen LogP contribution < -0.4 is 10.6 Å². The lowest BCUT2D eigenvalue weighted by Crippen LogP contribution is -2.38. The quantitative estimate of drug-likeness (QED) is 0.732. The van der Waals surface area contributed by atoms with Crippen LogP contribution in [0.2, 0.25) is 0 Å².